The average Bonchev–Trinajstić information content (AvgIpc) is 3.47. The van der Waals surface area contributed by atoms with Crippen LogP contribution in [0.4, 0.5) is 11.6 Å². The quantitative estimate of drug-likeness (QED) is 0.486. The number of nitrogens with one attached hydrogen (secondary N) is 1. The highest BCUT2D eigenvalue weighted by Gasteiger charge is 2.22. The van der Waals surface area contributed by atoms with Crippen molar-refractivity contribution in [2.45, 2.75) is 38.3 Å². The van der Waals surface area contributed by atoms with E-state index >= 15 is 0 Å². The summed E-state index contributed by atoms with van der Waals surface area (Å²) in [6, 6.07) is 12.0. The molecule has 1 aliphatic rings. The van der Waals surface area contributed by atoms with Crippen molar-refractivity contribution in [2.75, 3.05) is 26.0 Å². The number of hydrogen-bond donors (Lipinski definition) is 1. The summed E-state index contributed by atoms with van der Waals surface area (Å²) in [5.41, 5.74) is 2.53. The van der Waals surface area contributed by atoms with Crippen LogP contribution in [0, 0.1) is 11.3 Å². The van der Waals surface area contributed by atoms with Crippen LogP contribution in [0.15, 0.2) is 47.5 Å². The van der Waals surface area contributed by atoms with E-state index in [1.54, 1.807) is 16.8 Å². The number of aromatic nitrogens is 4. The molecule has 0 spiro atoms. The van der Waals surface area contributed by atoms with Gasteiger partial charge in [0.25, 0.3) is 5.56 Å². The molecular formula is C25H27N7O. The molecule has 1 aliphatic carbocycles. The van der Waals surface area contributed by atoms with Crippen molar-refractivity contribution in [1.82, 2.24) is 24.0 Å². The third-order valence-electron chi connectivity index (χ3n) is 6.40. The summed E-state index contributed by atoms with van der Waals surface area (Å²) < 4.78 is 3.96. The molecule has 0 aliphatic heterocycles. The van der Waals surface area contributed by atoms with E-state index in [1.807, 2.05) is 12.1 Å². The molecule has 3 aromatic heterocycles. The van der Waals surface area contributed by atoms with Crippen LogP contribution in [-0.2, 0) is 6.54 Å². The molecule has 0 radical (unpaired) electrons. The minimum Gasteiger partial charge on any atom is -0.346 e. The summed E-state index contributed by atoms with van der Waals surface area (Å²) in [4.78, 5) is 24.3. The van der Waals surface area contributed by atoms with Crippen LogP contribution in [0.5, 0.6) is 0 Å². The molecule has 0 bridgehead atoms. The van der Waals surface area contributed by atoms with E-state index in [0.717, 1.165) is 49.8 Å². The molecule has 0 atom stereocenters. The molecule has 1 fully saturated rings. The fraction of sp³-hybridized carbons (Fsp3) is 0.360. The predicted octanol–water partition coefficient (Wildman–Crippen LogP) is 4.04. The van der Waals surface area contributed by atoms with Gasteiger partial charge in [0, 0.05) is 53.5 Å². The van der Waals surface area contributed by atoms with Gasteiger partial charge in [0.15, 0.2) is 0 Å². The maximum Gasteiger partial charge on any atom is 0.270 e. The minimum atomic E-state index is -0.262. The van der Waals surface area contributed by atoms with Crippen LogP contribution in [-0.4, -0.2) is 44.6 Å². The van der Waals surface area contributed by atoms with Crippen molar-refractivity contribution in [2.24, 2.45) is 0 Å². The van der Waals surface area contributed by atoms with Gasteiger partial charge in [-0.05, 0) is 57.3 Å². The minimum absolute atomic E-state index is 0.0781. The van der Waals surface area contributed by atoms with Gasteiger partial charge in [0.2, 0.25) is 5.95 Å². The molecule has 1 N–H and O–H groups in total. The maximum atomic E-state index is 13.0. The Bertz CT molecular complexity index is 1420. The van der Waals surface area contributed by atoms with Crippen LogP contribution >= 0.6 is 0 Å². The van der Waals surface area contributed by atoms with E-state index in [4.69, 9.17) is 4.98 Å². The number of rotatable bonds is 6. The van der Waals surface area contributed by atoms with Crippen LogP contribution in [0.25, 0.3) is 21.9 Å². The zero-order valence-electron chi connectivity index (χ0n) is 19.0. The second kappa shape index (κ2) is 8.68. The molecule has 0 amide bonds. The summed E-state index contributed by atoms with van der Waals surface area (Å²) in [5.74, 6) is 0.435. The molecule has 3 heterocycles. The average molecular weight is 442 g/mol. The zero-order valence-corrected chi connectivity index (χ0v) is 19.0. The van der Waals surface area contributed by atoms with Crippen LogP contribution in [0.3, 0.4) is 0 Å². The second-order valence-corrected chi connectivity index (χ2v) is 8.97. The second-order valence-electron chi connectivity index (χ2n) is 8.97. The largest absolute Gasteiger partial charge is 0.346 e. The van der Waals surface area contributed by atoms with Crippen molar-refractivity contribution in [1.29, 1.82) is 5.26 Å². The van der Waals surface area contributed by atoms with E-state index in [9.17, 15) is 10.1 Å². The van der Waals surface area contributed by atoms with Gasteiger partial charge in [-0.3, -0.25) is 9.36 Å². The van der Waals surface area contributed by atoms with Gasteiger partial charge in [-0.2, -0.15) is 10.2 Å². The third kappa shape index (κ3) is 4.08. The lowest BCUT2D eigenvalue weighted by Crippen LogP contribution is -2.26. The molecule has 4 aromatic rings. The smallest absolute Gasteiger partial charge is 0.270 e. The van der Waals surface area contributed by atoms with Crippen molar-refractivity contribution < 1.29 is 0 Å². The van der Waals surface area contributed by atoms with Gasteiger partial charge < -0.3 is 14.8 Å². The molecule has 0 saturated heterocycles. The highest BCUT2D eigenvalue weighted by Crippen LogP contribution is 2.31. The highest BCUT2D eigenvalue weighted by molar-refractivity contribution is 5.85. The Labute approximate surface area is 192 Å². The Balaban J connectivity index is 1.49. The fourth-order valence-electron chi connectivity index (χ4n) is 4.67. The first-order chi connectivity index (χ1) is 16.0. The van der Waals surface area contributed by atoms with Gasteiger partial charge >= 0.3 is 0 Å². The van der Waals surface area contributed by atoms with E-state index in [1.165, 1.54) is 5.52 Å². The lowest BCUT2D eigenvalue weighted by molar-refractivity contribution is 0.387. The number of hydrogen-bond acceptors (Lipinski definition) is 6. The SMILES string of the molecule is CN(C)CCn1ccc2cc(Nc3ncc4cc(C#N)c(=O)n(C5CCCC5)c4n3)ccc21. The Morgan fingerprint density at radius 2 is 2.00 bits per heavy atom. The number of nitrogens with zero attached hydrogens (tertiary/aromatic N) is 6. The first kappa shape index (κ1) is 21.2. The van der Waals surface area contributed by atoms with Crippen LogP contribution in [0.1, 0.15) is 37.3 Å². The van der Waals surface area contributed by atoms with Crippen molar-refractivity contribution in [3.8, 4) is 6.07 Å². The Morgan fingerprint density at radius 3 is 2.76 bits per heavy atom. The number of nitriles is 1. The van der Waals surface area contributed by atoms with Crippen LogP contribution < -0.4 is 10.9 Å². The number of benzene rings is 1. The summed E-state index contributed by atoms with van der Waals surface area (Å²) in [6.45, 7) is 1.91. The molecule has 8 nitrogen and oxygen atoms in total. The van der Waals surface area contributed by atoms with Gasteiger partial charge in [-0.25, -0.2) is 4.98 Å². The topological polar surface area (TPSA) is 91.8 Å². The molecule has 1 saturated carbocycles. The predicted molar refractivity (Wildman–Crippen MR) is 130 cm³/mol. The van der Waals surface area contributed by atoms with Crippen molar-refractivity contribution in [3.63, 3.8) is 0 Å². The van der Waals surface area contributed by atoms with E-state index in [0.29, 0.717) is 17.0 Å². The van der Waals surface area contributed by atoms with Crippen LogP contribution in [0.2, 0.25) is 0 Å². The molecule has 5 rings (SSSR count). The normalized spacial score (nSPS) is 14.4. The van der Waals surface area contributed by atoms with E-state index in [2.05, 4.69) is 58.3 Å². The lowest BCUT2D eigenvalue weighted by atomic mass is 10.2. The zero-order chi connectivity index (χ0) is 22.9. The Kier molecular flexibility index (Phi) is 5.56. The number of likely N-dealkylation sites (N-methyl/N-ethyl adjacent to an activating group) is 1. The molecule has 0 unspecified atom stereocenters. The first-order valence-electron chi connectivity index (χ1n) is 11.4. The lowest BCUT2D eigenvalue weighted by Gasteiger charge is -2.17. The van der Waals surface area contributed by atoms with Gasteiger partial charge in [-0.1, -0.05) is 12.8 Å². The highest BCUT2D eigenvalue weighted by atomic mass is 16.1. The first-order valence-corrected chi connectivity index (χ1v) is 11.4. The summed E-state index contributed by atoms with van der Waals surface area (Å²) in [6.07, 6.45) is 7.82. The van der Waals surface area contributed by atoms with Crippen molar-refractivity contribution >= 4 is 33.6 Å². The molecular weight excluding hydrogens is 414 g/mol. The third-order valence-corrected chi connectivity index (χ3v) is 6.40. The van der Waals surface area contributed by atoms with Crippen molar-refractivity contribution in [3.05, 3.63) is 58.6 Å². The fourth-order valence-corrected chi connectivity index (χ4v) is 4.67. The number of anilines is 2. The Hall–Kier alpha value is -3.70. The number of pyridine rings is 1. The molecule has 33 heavy (non-hydrogen) atoms. The Morgan fingerprint density at radius 1 is 1.18 bits per heavy atom. The molecule has 168 valence electrons. The molecule has 8 heteroatoms. The van der Waals surface area contributed by atoms with Gasteiger partial charge in [0.1, 0.15) is 17.3 Å². The van der Waals surface area contributed by atoms with Gasteiger partial charge in [0.05, 0.1) is 0 Å². The van der Waals surface area contributed by atoms with E-state index in [-0.39, 0.29) is 17.2 Å². The summed E-state index contributed by atoms with van der Waals surface area (Å²) in [7, 11) is 4.15. The summed E-state index contributed by atoms with van der Waals surface area (Å²) in [5, 5.41) is 14.6. The molecule has 1 aromatic carbocycles. The summed E-state index contributed by atoms with van der Waals surface area (Å²) >= 11 is 0. The monoisotopic (exact) mass is 441 g/mol. The number of fused-ring (bicyclic) bond motifs is 2. The maximum absolute atomic E-state index is 13.0. The van der Waals surface area contributed by atoms with E-state index < -0.39 is 0 Å². The standard InChI is InChI=1S/C25H27N7O/c1-30(2)11-12-31-10-9-17-14-20(7-8-22(17)31)28-25-27-16-19-13-18(15-26)24(33)32(23(19)29-25)21-5-3-4-6-21/h7-10,13-14,16,21H,3-6,11-12H2,1-2H3,(H,27,28,29). The van der Waals surface area contributed by atoms with Gasteiger partial charge in [-0.15, -0.1) is 0 Å².